The van der Waals surface area contributed by atoms with Crippen molar-refractivity contribution in [2.45, 2.75) is 79.2 Å². The van der Waals surface area contributed by atoms with E-state index in [2.05, 4.69) is 56.3 Å². The highest BCUT2D eigenvalue weighted by molar-refractivity contribution is 6.04. The third-order valence-electron chi connectivity index (χ3n) is 6.49. The van der Waals surface area contributed by atoms with Crippen LogP contribution in [0.15, 0.2) is 30.3 Å². The molecule has 1 amide bonds. The van der Waals surface area contributed by atoms with Crippen molar-refractivity contribution in [3.63, 3.8) is 0 Å². The molecular weight excluding hydrogens is 468 g/mol. The topological polar surface area (TPSA) is 87.5 Å². The predicted octanol–water partition coefficient (Wildman–Crippen LogP) is 6.41. The summed E-state index contributed by atoms with van der Waals surface area (Å²) in [6, 6.07) is 9.69. The van der Waals surface area contributed by atoms with Crippen molar-refractivity contribution in [2.24, 2.45) is 0 Å². The maximum atomic E-state index is 13.5. The van der Waals surface area contributed by atoms with E-state index in [4.69, 9.17) is 14.2 Å². The molecule has 3 rings (SSSR count). The summed E-state index contributed by atoms with van der Waals surface area (Å²) in [6.07, 6.45) is 2.94. The fourth-order valence-electron chi connectivity index (χ4n) is 4.20. The molecule has 0 aliphatic rings. The highest BCUT2D eigenvalue weighted by Gasteiger charge is 2.23. The van der Waals surface area contributed by atoms with Crippen LogP contribution >= 0.6 is 0 Å². The summed E-state index contributed by atoms with van der Waals surface area (Å²) in [7, 11) is 3.20. The Morgan fingerprint density at radius 2 is 1.73 bits per heavy atom. The van der Waals surface area contributed by atoms with Crippen LogP contribution in [0, 0.1) is 13.8 Å². The van der Waals surface area contributed by atoms with Gasteiger partial charge in [-0.2, -0.15) is 0 Å². The number of aryl methyl sites for hydroxylation is 1. The van der Waals surface area contributed by atoms with Crippen LogP contribution in [0.3, 0.4) is 0 Å². The van der Waals surface area contributed by atoms with Crippen LogP contribution < -0.4 is 19.5 Å². The number of carbonyl (C=O) groups is 1. The number of ether oxygens (including phenoxy) is 3. The Morgan fingerprint density at radius 3 is 2.32 bits per heavy atom. The minimum atomic E-state index is -0.354. The lowest BCUT2D eigenvalue weighted by Crippen LogP contribution is -2.20. The van der Waals surface area contributed by atoms with Gasteiger partial charge in [-0.25, -0.2) is 4.68 Å². The average Bonchev–Trinajstić information content (AvgIpc) is 3.24. The van der Waals surface area contributed by atoms with Crippen molar-refractivity contribution in [1.29, 1.82) is 0 Å². The Kier molecular flexibility index (Phi) is 8.84. The van der Waals surface area contributed by atoms with Gasteiger partial charge in [-0.15, -0.1) is 5.10 Å². The number of aromatic nitrogens is 3. The quantitative estimate of drug-likeness (QED) is 0.341. The van der Waals surface area contributed by atoms with E-state index in [-0.39, 0.29) is 23.1 Å². The summed E-state index contributed by atoms with van der Waals surface area (Å²) >= 11 is 0. The third kappa shape index (κ3) is 6.24. The normalized spacial score (nSPS) is 12.2. The van der Waals surface area contributed by atoms with E-state index in [0.717, 1.165) is 30.4 Å². The smallest absolute Gasteiger partial charge is 0.278 e. The molecule has 0 spiro atoms. The summed E-state index contributed by atoms with van der Waals surface area (Å²) in [5, 5.41) is 11.5. The molecule has 3 aromatic rings. The zero-order chi connectivity index (χ0) is 27.3. The first-order valence-corrected chi connectivity index (χ1v) is 12.8. The van der Waals surface area contributed by atoms with Gasteiger partial charge in [0.1, 0.15) is 22.9 Å². The average molecular weight is 509 g/mol. The number of hydrogen-bond acceptors (Lipinski definition) is 6. The van der Waals surface area contributed by atoms with Crippen LogP contribution in [0.2, 0.25) is 0 Å². The van der Waals surface area contributed by atoms with Crippen molar-refractivity contribution >= 4 is 11.6 Å². The molecule has 1 heterocycles. The first-order valence-electron chi connectivity index (χ1n) is 12.8. The molecule has 1 atom stereocenters. The molecule has 2 aromatic carbocycles. The van der Waals surface area contributed by atoms with Crippen LogP contribution in [0.5, 0.6) is 17.2 Å². The minimum absolute atomic E-state index is 0.0783. The fraction of sp³-hybridized carbons (Fsp3) is 0.483. The van der Waals surface area contributed by atoms with E-state index >= 15 is 0 Å². The van der Waals surface area contributed by atoms with Crippen molar-refractivity contribution in [3.8, 4) is 22.9 Å². The van der Waals surface area contributed by atoms with E-state index in [1.54, 1.807) is 25.0 Å². The Morgan fingerprint density at radius 1 is 1.03 bits per heavy atom. The van der Waals surface area contributed by atoms with Gasteiger partial charge in [0.15, 0.2) is 5.69 Å². The van der Waals surface area contributed by atoms with Crippen molar-refractivity contribution in [3.05, 3.63) is 52.8 Å². The standard InChI is InChI=1S/C29H40N4O4/c1-10-12-21(11-2)37-24-14-13-20(29(5,6)7)16-22(24)30-28(34)27-19(4)33(32-31-27)23-15-18(3)25(35-8)17-26(23)36-9/h13-17,21H,10-12H2,1-9H3,(H,30,34). The first kappa shape index (κ1) is 28.0. The molecule has 8 nitrogen and oxygen atoms in total. The van der Waals surface area contributed by atoms with Gasteiger partial charge in [0.05, 0.1) is 31.7 Å². The Balaban J connectivity index is 1.98. The van der Waals surface area contributed by atoms with Crippen LogP contribution in [-0.2, 0) is 5.41 Å². The minimum Gasteiger partial charge on any atom is -0.496 e. The zero-order valence-corrected chi connectivity index (χ0v) is 23.6. The Hall–Kier alpha value is -3.55. The summed E-state index contributed by atoms with van der Waals surface area (Å²) in [5.41, 5.74) is 4.03. The Labute approximate surface area is 220 Å². The summed E-state index contributed by atoms with van der Waals surface area (Å²) < 4.78 is 18.9. The number of methoxy groups -OCH3 is 2. The molecule has 0 radical (unpaired) electrons. The zero-order valence-electron chi connectivity index (χ0n) is 23.6. The molecule has 200 valence electrons. The van der Waals surface area contributed by atoms with E-state index in [9.17, 15) is 4.79 Å². The summed E-state index contributed by atoms with van der Waals surface area (Å²) in [4.78, 5) is 13.5. The molecule has 8 heteroatoms. The number of nitrogens with zero attached hydrogens (tertiary/aromatic N) is 3. The van der Waals surface area contributed by atoms with Crippen molar-refractivity contribution < 1.29 is 19.0 Å². The number of rotatable bonds is 10. The number of nitrogens with one attached hydrogen (secondary N) is 1. The monoisotopic (exact) mass is 508 g/mol. The molecule has 1 unspecified atom stereocenters. The van der Waals surface area contributed by atoms with E-state index in [0.29, 0.717) is 34.3 Å². The predicted molar refractivity (Wildman–Crippen MR) is 147 cm³/mol. The molecule has 0 saturated heterocycles. The Bertz CT molecular complexity index is 1240. The molecule has 0 aliphatic carbocycles. The molecule has 1 aromatic heterocycles. The van der Waals surface area contributed by atoms with Gasteiger partial charge in [-0.1, -0.05) is 52.3 Å². The number of benzene rings is 2. The van der Waals surface area contributed by atoms with Gasteiger partial charge >= 0.3 is 0 Å². The molecular formula is C29H40N4O4. The van der Waals surface area contributed by atoms with Gasteiger partial charge in [-0.3, -0.25) is 4.79 Å². The van der Waals surface area contributed by atoms with Crippen LogP contribution in [0.4, 0.5) is 5.69 Å². The number of hydrogen-bond donors (Lipinski definition) is 1. The third-order valence-corrected chi connectivity index (χ3v) is 6.49. The van der Waals surface area contributed by atoms with Gasteiger partial charge in [0.25, 0.3) is 5.91 Å². The lowest BCUT2D eigenvalue weighted by atomic mass is 9.87. The summed E-state index contributed by atoms with van der Waals surface area (Å²) in [6.45, 7) is 14.4. The largest absolute Gasteiger partial charge is 0.496 e. The van der Waals surface area contributed by atoms with Crippen LogP contribution in [-0.4, -0.2) is 41.2 Å². The van der Waals surface area contributed by atoms with Gasteiger partial charge in [0.2, 0.25) is 0 Å². The van der Waals surface area contributed by atoms with E-state index < -0.39 is 0 Å². The lowest BCUT2D eigenvalue weighted by molar-refractivity contribution is 0.102. The summed E-state index contributed by atoms with van der Waals surface area (Å²) in [5.74, 6) is 1.57. The van der Waals surface area contributed by atoms with Crippen molar-refractivity contribution in [1.82, 2.24) is 15.0 Å². The van der Waals surface area contributed by atoms with Gasteiger partial charge < -0.3 is 19.5 Å². The second-order valence-corrected chi connectivity index (χ2v) is 10.3. The highest BCUT2D eigenvalue weighted by Crippen LogP contribution is 2.34. The fourth-order valence-corrected chi connectivity index (χ4v) is 4.20. The second kappa shape index (κ2) is 11.7. The molecule has 0 bridgehead atoms. The SMILES string of the molecule is CCCC(CC)Oc1ccc(C(C)(C)C)cc1NC(=O)c1nnn(-c2cc(C)c(OC)cc2OC)c1C. The molecule has 0 aliphatic heterocycles. The van der Waals surface area contributed by atoms with E-state index in [1.807, 2.05) is 32.0 Å². The lowest BCUT2D eigenvalue weighted by Gasteiger charge is -2.24. The maximum Gasteiger partial charge on any atom is 0.278 e. The number of anilines is 1. The van der Waals surface area contributed by atoms with Gasteiger partial charge in [-0.05, 0) is 61.4 Å². The second-order valence-electron chi connectivity index (χ2n) is 10.3. The molecule has 0 saturated carbocycles. The van der Waals surface area contributed by atoms with Gasteiger partial charge in [0, 0.05) is 6.07 Å². The molecule has 37 heavy (non-hydrogen) atoms. The van der Waals surface area contributed by atoms with E-state index in [1.165, 1.54) is 0 Å². The maximum absolute atomic E-state index is 13.5. The molecule has 0 fully saturated rings. The number of carbonyl (C=O) groups excluding carboxylic acids is 1. The molecule has 1 N–H and O–H groups in total. The van der Waals surface area contributed by atoms with Crippen molar-refractivity contribution in [2.75, 3.05) is 19.5 Å². The van der Waals surface area contributed by atoms with Crippen LogP contribution in [0.1, 0.15) is 81.2 Å². The first-order chi connectivity index (χ1) is 17.5. The number of amides is 1. The highest BCUT2D eigenvalue weighted by atomic mass is 16.5. The van der Waals surface area contributed by atoms with Crippen LogP contribution in [0.25, 0.3) is 5.69 Å².